The molecule has 0 aliphatic carbocycles. The van der Waals surface area contributed by atoms with Gasteiger partial charge >= 0.3 is 11.9 Å². The first-order valence-corrected chi connectivity index (χ1v) is 4.74. The summed E-state index contributed by atoms with van der Waals surface area (Å²) in [5, 5.41) is 3.51. The van der Waals surface area contributed by atoms with Crippen LogP contribution in [0.2, 0.25) is 0 Å². The SMILES string of the molecule is CCCCC(=NOC(C)=O)NOC(C)=O. The van der Waals surface area contributed by atoms with Crippen LogP contribution >= 0.6 is 0 Å². The highest BCUT2D eigenvalue weighted by Crippen LogP contribution is 1.96. The van der Waals surface area contributed by atoms with E-state index in [1.807, 2.05) is 6.92 Å². The summed E-state index contributed by atoms with van der Waals surface area (Å²) in [7, 11) is 0. The molecule has 0 aromatic rings. The number of carbonyl (C=O) groups excluding carboxylic acids is 2. The third-order valence-electron chi connectivity index (χ3n) is 1.36. The maximum atomic E-state index is 10.5. The molecule has 0 bridgehead atoms. The highest BCUT2D eigenvalue weighted by Gasteiger charge is 2.02. The Morgan fingerprint density at radius 1 is 1.27 bits per heavy atom. The van der Waals surface area contributed by atoms with Crippen molar-refractivity contribution in [3.8, 4) is 0 Å². The third kappa shape index (κ3) is 8.73. The Morgan fingerprint density at radius 2 is 1.93 bits per heavy atom. The molecule has 0 unspecified atom stereocenters. The van der Waals surface area contributed by atoms with Crippen molar-refractivity contribution in [1.82, 2.24) is 5.48 Å². The second-order valence-electron chi connectivity index (χ2n) is 2.92. The molecule has 0 spiro atoms. The van der Waals surface area contributed by atoms with Crippen molar-refractivity contribution in [1.29, 1.82) is 0 Å². The molecule has 1 N–H and O–H groups in total. The van der Waals surface area contributed by atoms with Crippen molar-refractivity contribution in [2.45, 2.75) is 40.0 Å². The molecule has 0 aromatic heterocycles. The lowest BCUT2D eigenvalue weighted by Gasteiger charge is -2.06. The van der Waals surface area contributed by atoms with Crippen LogP contribution < -0.4 is 5.48 Å². The van der Waals surface area contributed by atoms with Gasteiger partial charge in [-0.05, 0) is 6.42 Å². The molecular formula is C9H16N2O4. The lowest BCUT2D eigenvalue weighted by Crippen LogP contribution is -2.26. The number of amidine groups is 1. The second kappa shape index (κ2) is 7.78. The monoisotopic (exact) mass is 216 g/mol. The Morgan fingerprint density at radius 3 is 2.40 bits per heavy atom. The van der Waals surface area contributed by atoms with Gasteiger partial charge in [0.05, 0.1) is 0 Å². The largest absolute Gasteiger partial charge is 0.342 e. The van der Waals surface area contributed by atoms with Crippen LogP contribution in [-0.4, -0.2) is 17.8 Å². The van der Waals surface area contributed by atoms with Gasteiger partial charge in [0.1, 0.15) is 0 Å². The van der Waals surface area contributed by atoms with Gasteiger partial charge in [0.15, 0.2) is 5.84 Å². The van der Waals surface area contributed by atoms with Crippen LogP contribution in [0, 0.1) is 0 Å². The lowest BCUT2D eigenvalue weighted by atomic mass is 10.2. The van der Waals surface area contributed by atoms with Crippen molar-refractivity contribution in [3.63, 3.8) is 0 Å². The van der Waals surface area contributed by atoms with E-state index in [0.29, 0.717) is 12.3 Å². The number of carbonyl (C=O) groups is 2. The fourth-order valence-electron chi connectivity index (χ4n) is 0.710. The molecule has 0 fully saturated rings. The maximum absolute atomic E-state index is 10.5. The predicted molar refractivity (Wildman–Crippen MR) is 53.6 cm³/mol. The summed E-state index contributed by atoms with van der Waals surface area (Å²) in [6.07, 6.45) is 2.37. The van der Waals surface area contributed by atoms with Gasteiger partial charge in [-0.3, -0.25) is 4.79 Å². The summed E-state index contributed by atoms with van der Waals surface area (Å²) in [6.45, 7) is 4.51. The number of hydrogen-bond donors (Lipinski definition) is 1. The van der Waals surface area contributed by atoms with Crippen molar-refractivity contribution >= 4 is 17.8 Å². The minimum atomic E-state index is -0.520. The summed E-state index contributed by atoms with van der Waals surface area (Å²) in [5.41, 5.74) is 2.33. The fraction of sp³-hybridized carbons (Fsp3) is 0.667. The van der Waals surface area contributed by atoms with Gasteiger partial charge in [0, 0.05) is 20.3 Å². The zero-order valence-electron chi connectivity index (χ0n) is 9.20. The molecule has 0 saturated carbocycles. The topological polar surface area (TPSA) is 77.0 Å². The Bertz CT molecular complexity index is 250. The lowest BCUT2D eigenvalue weighted by molar-refractivity contribution is -0.145. The van der Waals surface area contributed by atoms with Gasteiger partial charge < -0.3 is 9.68 Å². The van der Waals surface area contributed by atoms with Crippen molar-refractivity contribution in [2.24, 2.45) is 5.16 Å². The van der Waals surface area contributed by atoms with Gasteiger partial charge in [-0.1, -0.05) is 18.5 Å². The predicted octanol–water partition coefficient (Wildman–Crippen LogP) is 1.12. The van der Waals surface area contributed by atoms with Crippen LogP contribution in [0.3, 0.4) is 0 Å². The third-order valence-corrected chi connectivity index (χ3v) is 1.36. The number of hydrogen-bond acceptors (Lipinski definition) is 5. The zero-order valence-corrected chi connectivity index (χ0v) is 9.20. The molecular weight excluding hydrogens is 200 g/mol. The van der Waals surface area contributed by atoms with Crippen molar-refractivity contribution in [3.05, 3.63) is 0 Å². The van der Waals surface area contributed by atoms with E-state index in [0.717, 1.165) is 12.8 Å². The van der Waals surface area contributed by atoms with E-state index in [-0.39, 0.29) is 0 Å². The highest BCUT2D eigenvalue weighted by atomic mass is 16.7. The molecule has 6 heteroatoms. The fourth-order valence-corrected chi connectivity index (χ4v) is 0.710. The normalized spacial score (nSPS) is 10.7. The average molecular weight is 216 g/mol. The summed E-state index contributed by atoms with van der Waals surface area (Å²) in [4.78, 5) is 30.0. The Balaban J connectivity index is 4.10. The summed E-state index contributed by atoms with van der Waals surface area (Å²) < 4.78 is 0. The van der Waals surface area contributed by atoms with Crippen LogP contribution in [0.15, 0.2) is 5.16 Å². The minimum Gasteiger partial charge on any atom is -0.342 e. The van der Waals surface area contributed by atoms with E-state index in [1.165, 1.54) is 13.8 Å². The molecule has 0 atom stereocenters. The van der Waals surface area contributed by atoms with Crippen molar-refractivity contribution in [2.75, 3.05) is 0 Å². The van der Waals surface area contributed by atoms with E-state index in [9.17, 15) is 9.59 Å². The van der Waals surface area contributed by atoms with Crippen LogP contribution in [0.25, 0.3) is 0 Å². The molecule has 15 heavy (non-hydrogen) atoms. The quantitative estimate of drug-likeness (QED) is 0.330. The summed E-state index contributed by atoms with van der Waals surface area (Å²) >= 11 is 0. The second-order valence-corrected chi connectivity index (χ2v) is 2.92. The first-order chi connectivity index (χ1) is 7.06. The Labute approximate surface area is 88.6 Å². The number of rotatable bonds is 4. The van der Waals surface area contributed by atoms with E-state index in [4.69, 9.17) is 0 Å². The molecule has 6 nitrogen and oxygen atoms in total. The van der Waals surface area contributed by atoms with E-state index >= 15 is 0 Å². The van der Waals surface area contributed by atoms with Gasteiger partial charge in [0.25, 0.3) is 0 Å². The van der Waals surface area contributed by atoms with E-state index in [1.54, 1.807) is 0 Å². The Hall–Kier alpha value is -1.59. The molecule has 0 rings (SSSR count). The zero-order chi connectivity index (χ0) is 11.7. The number of oxime groups is 1. The minimum absolute atomic E-state index is 0.322. The number of unbranched alkanes of at least 4 members (excludes halogenated alkanes) is 1. The van der Waals surface area contributed by atoms with Gasteiger partial charge in [-0.2, -0.15) is 0 Å². The van der Waals surface area contributed by atoms with Gasteiger partial charge in [-0.25, -0.2) is 10.3 Å². The number of hydroxylamine groups is 1. The van der Waals surface area contributed by atoms with E-state index in [2.05, 4.69) is 20.3 Å². The standard InChI is InChI=1S/C9H16N2O4/c1-4-5-6-9(10-14-7(2)12)11-15-8(3)13/h4-6H2,1-3H3,(H,10,11). The van der Waals surface area contributed by atoms with Gasteiger partial charge in [0.2, 0.25) is 0 Å². The Kier molecular flexibility index (Phi) is 6.96. The van der Waals surface area contributed by atoms with Crippen LogP contribution in [-0.2, 0) is 19.3 Å². The molecule has 0 amide bonds. The summed E-state index contributed by atoms with van der Waals surface area (Å²) in [6, 6.07) is 0. The van der Waals surface area contributed by atoms with Crippen LogP contribution in [0.1, 0.15) is 40.0 Å². The average Bonchev–Trinajstić information content (AvgIpc) is 2.16. The summed E-state index contributed by atoms with van der Waals surface area (Å²) in [5.74, 6) is -0.683. The van der Waals surface area contributed by atoms with Gasteiger partial charge in [-0.15, -0.1) is 0 Å². The molecule has 0 aliphatic rings. The molecule has 0 heterocycles. The first-order valence-electron chi connectivity index (χ1n) is 4.74. The van der Waals surface area contributed by atoms with Crippen molar-refractivity contribution < 1.29 is 19.3 Å². The first kappa shape index (κ1) is 13.4. The van der Waals surface area contributed by atoms with Crippen LogP contribution in [0.4, 0.5) is 0 Å². The number of nitrogens with zero attached hydrogens (tertiary/aromatic N) is 1. The number of nitrogens with one attached hydrogen (secondary N) is 1. The molecule has 86 valence electrons. The highest BCUT2D eigenvalue weighted by molar-refractivity contribution is 5.82. The van der Waals surface area contributed by atoms with E-state index < -0.39 is 11.9 Å². The molecule has 0 radical (unpaired) electrons. The smallest absolute Gasteiger partial charge is 0.332 e. The molecule has 0 saturated heterocycles. The molecule has 0 aromatic carbocycles. The maximum Gasteiger partial charge on any atom is 0.332 e. The molecule has 0 aliphatic heterocycles. The van der Waals surface area contributed by atoms with Crippen LogP contribution in [0.5, 0.6) is 0 Å².